The van der Waals surface area contributed by atoms with Crippen LogP contribution in [0.2, 0.25) is 10.0 Å². The summed E-state index contributed by atoms with van der Waals surface area (Å²) in [6.07, 6.45) is 0.560. The molecule has 0 saturated carbocycles. The number of benzene rings is 3. The number of carbonyl (C=O) groups is 2. The highest BCUT2D eigenvalue weighted by Crippen LogP contribution is 2.29. The molecule has 7 nitrogen and oxygen atoms in total. The number of para-hydroxylation sites is 1. The molecule has 2 amide bonds. The van der Waals surface area contributed by atoms with E-state index in [1.165, 1.54) is 17.0 Å². The number of aryl methyl sites for hydroxylation is 1. The minimum atomic E-state index is -4.12. The topological polar surface area (TPSA) is 86.8 Å². The fraction of sp³-hybridized carbons (Fsp3) is 0.286. The first kappa shape index (κ1) is 29.5. The fourth-order valence-corrected chi connectivity index (χ4v) is 5.97. The van der Waals surface area contributed by atoms with E-state index in [9.17, 15) is 18.0 Å². The number of nitrogens with zero attached hydrogens (tertiary/aromatic N) is 2. The first-order valence-corrected chi connectivity index (χ1v) is 14.5. The van der Waals surface area contributed by atoms with Gasteiger partial charge in [-0.1, -0.05) is 72.6 Å². The average Bonchev–Trinajstić information content (AvgIpc) is 2.91. The van der Waals surface area contributed by atoms with Crippen LogP contribution >= 0.6 is 23.2 Å². The average molecular weight is 577 g/mol. The van der Waals surface area contributed by atoms with E-state index in [0.717, 1.165) is 9.87 Å². The Hall–Kier alpha value is -3.07. The first-order chi connectivity index (χ1) is 18.1. The van der Waals surface area contributed by atoms with Crippen LogP contribution in [0.1, 0.15) is 31.9 Å². The molecule has 1 unspecified atom stereocenters. The van der Waals surface area contributed by atoms with Crippen LogP contribution in [0.25, 0.3) is 0 Å². The van der Waals surface area contributed by atoms with E-state index in [1.807, 2.05) is 19.1 Å². The quantitative estimate of drug-likeness (QED) is 0.336. The van der Waals surface area contributed by atoms with Crippen molar-refractivity contribution in [1.82, 2.24) is 10.2 Å². The highest BCUT2D eigenvalue weighted by molar-refractivity contribution is 7.92. The van der Waals surface area contributed by atoms with E-state index in [4.69, 9.17) is 23.2 Å². The Morgan fingerprint density at radius 3 is 2.21 bits per heavy atom. The molecule has 3 aromatic rings. The van der Waals surface area contributed by atoms with Gasteiger partial charge in [0, 0.05) is 23.1 Å². The molecular formula is C28H31Cl2N3O4S. The summed E-state index contributed by atoms with van der Waals surface area (Å²) in [6, 6.07) is 19.0. The van der Waals surface area contributed by atoms with Crippen molar-refractivity contribution in [3.05, 3.63) is 94.0 Å². The van der Waals surface area contributed by atoms with E-state index in [2.05, 4.69) is 5.32 Å². The summed E-state index contributed by atoms with van der Waals surface area (Å²) in [6.45, 7) is 5.15. The highest BCUT2D eigenvalue weighted by Gasteiger charge is 2.33. The van der Waals surface area contributed by atoms with Crippen molar-refractivity contribution < 1.29 is 18.0 Å². The second-order valence-corrected chi connectivity index (χ2v) is 11.3. The normalized spacial score (nSPS) is 12.0. The summed E-state index contributed by atoms with van der Waals surface area (Å²) >= 11 is 12.4. The van der Waals surface area contributed by atoms with Crippen molar-refractivity contribution in [3.8, 4) is 0 Å². The van der Waals surface area contributed by atoms with E-state index in [0.29, 0.717) is 34.3 Å². The van der Waals surface area contributed by atoms with Crippen molar-refractivity contribution in [2.24, 2.45) is 0 Å². The van der Waals surface area contributed by atoms with Gasteiger partial charge in [0.2, 0.25) is 11.8 Å². The number of likely N-dealkylation sites (N-methyl/N-ethyl adjacent to an activating group) is 1. The van der Waals surface area contributed by atoms with Gasteiger partial charge in [0.25, 0.3) is 10.0 Å². The second kappa shape index (κ2) is 13.1. The minimum absolute atomic E-state index is 0.0121. The monoisotopic (exact) mass is 575 g/mol. The van der Waals surface area contributed by atoms with E-state index < -0.39 is 28.5 Å². The van der Waals surface area contributed by atoms with Gasteiger partial charge < -0.3 is 10.2 Å². The summed E-state index contributed by atoms with van der Waals surface area (Å²) in [5.41, 5.74) is 1.75. The molecule has 1 atom stereocenters. The van der Waals surface area contributed by atoms with Gasteiger partial charge in [-0.3, -0.25) is 13.9 Å². The van der Waals surface area contributed by atoms with Gasteiger partial charge in [-0.25, -0.2) is 8.42 Å². The zero-order chi connectivity index (χ0) is 27.9. The third-order valence-electron chi connectivity index (χ3n) is 6.13. The third kappa shape index (κ3) is 6.87. The smallest absolute Gasteiger partial charge is 0.264 e. The lowest BCUT2D eigenvalue weighted by atomic mass is 10.1. The Bertz CT molecular complexity index is 1380. The van der Waals surface area contributed by atoms with Crippen LogP contribution in [0.5, 0.6) is 0 Å². The van der Waals surface area contributed by atoms with Crippen molar-refractivity contribution in [3.63, 3.8) is 0 Å². The molecule has 0 heterocycles. The number of sulfonamides is 1. The predicted octanol–water partition coefficient (Wildman–Crippen LogP) is 5.30. The third-order valence-corrected chi connectivity index (χ3v) is 8.49. The zero-order valence-electron chi connectivity index (χ0n) is 21.5. The van der Waals surface area contributed by atoms with Crippen LogP contribution in [0.4, 0.5) is 5.69 Å². The lowest BCUT2D eigenvalue weighted by Crippen LogP contribution is -2.51. The number of amides is 2. The number of rotatable bonds is 11. The molecule has 0 fully saturated rings. The molecule has 0 bridgehead atoms. The molecule has 3 rings (SSSR count). The Kier molecular flexibility index (Phi) is 10.2. The molecule has 0 aliphatic carbocycles. The lowest BCUT2D eigenvalue weighted by Gasteiger charge is -2.32. The van der Waals surface area contributed by atoms with Crippen molar-refractivity contribution in [2.45, 2.75) is 44.7 Å². The van der Waals surface area contributed by atoms with Crippen molar-refractivity contribution in [1.29, 1.82) is 0 Å². The van der Waals surface area contributed by atoms with Gasteiger partial charge in [0.05, 0.1) is 10.6 Å². The molecule has 1 N–H and O–H groups in total. The first-order valence-electron chi connectivity index (χ1n) is 12.3. The Balaban J connectivity index is 2.07. The molecule has 202 valence electrons. The largest absolute Gasteiger partial charge is 0.355 e. The zero-order valence-corrected chi connectivity index (χ0v) is 23.9. The summed E-state index contributed by atoms with van der Waals surface area (Å²) in [4.78, 5) is 28.1. The van der Waals surface area contributed by atoms with E-state index in [-0.39, 0.29) is 17.3 Å². The van der Waals surface area contributed by atoms with Crippen molar-refractivity contribution in [2.75, 3.05) is 17.4 Å². The standard InChI is InChI=1S/C28H31Cl2N3O4S/c1-4-21-11-9-10-14-26(21)33(38(36,37)24-12-7-6-8-13-24)19-27(34)32(20(3)28(35)31-5-2)18-22-15-16-23(29)17-25(22)30/h6-17,20H,4-5,18-19H2,1-3H3,(H,31,35). The summed E-state index contributed by atoms with van der Waals surface area (Å²) in [7, 11) is -4.12. The Morgan fingerprint density at radius 2 is 1.58 bits per heavy atom. The predicted molar refractivity (Wildman–Crippen MR) is 152 cm³/mol. The van der Waals surface area contributed by atoms with Crippen LogP contribution in [0.3, 0.4) is 0 Å². The highest BCUT2D eigenvalue weighted by atomic mass is 35.5. The van der Waals surface area contributed by atoms with Crippen LogP contribution in [0.15, 0.2) is 77.7 Å². The number of carbonyl (C=O) groups excluding carboxylic acids is 2. The maximum Gasteiger partial charge on any atom is 0.264 e. The van der Waals surface area contributed by atoms with Crippen LogP contribution in [-0.4, -0.2) is 44.3 Å². The number of nitrogens with one attached hydrogen (secondary N) is 1. The van der Waals surface area contributed by atoms with Gasteiger partial charge >= 0.3 is 0 Å². The van der Waals surface area contributed by atoms with Crippen LogP contribution in [0, 0.1) is 0 Å². The van der Waals surface area contributed by atoms with Gasteiger partial charge in [-0.2, -0.15) is 0 Å². The number of halogens is 2. The molecule has 0 saturated heterocycles. The SMILES string of the molecule is CCNC(=O)C(C)N(Cc1ccc(Cl)cc1Cl)C(=O)CN(c1ccccc1CC)S(=O)(=O)c1ccccc1. The Labute approximate surface area is 234 Å². The maximum absolute atomic E-state index is 13.9. The maximum atomic E-state index is 13.9. The fourth-order valence-electron chi connectivity index (χ4n) is 4.02. The number of hydrogen-bond acceptors (Lipinski definition) is 4. The van der Waals surface area contributed by atoms with Gasteiger partial charge in [0.15, 0.2) is 0 Å². The summed E-state index contributed by atoms with van der Waals surface area (Å²) in [5.74, 6) is -0.919. The van der Waals surface area contributed by atoms with Gasteiger partial charge in [-0.05, 0) is 61.7 Å². The second-order valence-electron chi connectivity index (χ2n) is 8.63. The molecule has 0 spiro atoms. The summed E-state index contributed by atoms with van der Waals surface area (Å²) in [5, 5.41) is 3.50. The number of hydrogen-bond donors (Lipinski definition) is 1. The molecule has 3 aromatic carbocycles. The minimum Gasteiger partial charge on any atom is -0.355 e. The number of anilines is 1. The van der Waals surface area contributed by atoms with Crippen LogP contribution < -0.4 is 9.62 Å². The molecule has 0 radical (unpaired) electrons. The summed E-state index contributed by atoms with van der Waals surface area (Å²) < 4.78 is 28.8. The van der Waals surface area contributed by atoms with E-state index in [1.54, 1.807) is 62.4 Å². The van der Waals surface area contributed by atoms with E-state index >= 15 is 0 Å². The van der Waals surface area contributed by atoms with Crippen LogP contribution in [-0.2, 0) is 32.6 Å². The molecule has 0 aliphatic heterocycles. The lowest BCUT2D eigenvalue weighted by molar-refractivity contribution is -0.139. The van der Waals surface area contributed by atoms with Gasteiger partial charge in [0.1, 0.15) is 12.6 Å². The molecule has 38 heavy (non-hydrogen) atoms. The molecular weight excluding hydrogens is 545 g/mol. The van der Waals surface area contributed by atoms with Gasteiger partial charge in [-0.15, -0.1) is 0 Å². The molecule has 10 heteroatoms. The molecule has 0 aliphatic rings. The van der Waals surface area contributed by atoms with Crippen molar-refractivity contribution >= 4 is 50.7 Å². The Morgan fingerprint density at radius 1 is 0.921 bits per heavy atom. The molecule has 0 aromatic heterocycles.